The Hall–Kier alpha value is -2.24. The summed E-state index contributed by atoms with van der Waals surface area (Å²) in [5.41, 5.74) is 1.22. The molecule has 3 rings (SSSR count). The zero-order chi connectivity index (χ0) is 17.1. The highest BCUT2D eigenvalue weighted by Gasteiger charge is 2.39. The molecule has 1 aromatic rings. The van der Waals surface area contributed by atoms with Crippen molar-refractivity contribution < 1.29 is 14.3 Å². The summed E-state index contributed by atoms with van der Waals surface area (Å²) >= 11 is 0. The number of amides is 3. The minimum absolute atomic E-state index is 0.0685. The zero-order valence-corrected chi connectivity index (χ0v) is 14.3. The quantitative estimate of drug-likeness (QED) is 0.865. The molecule has 0 aromatic heterocycles. The predicted octanol–water partition coefficient (Wildman–Crippen LogP) is 1.85. The van der Waals surface area contributed by atoms with Crippen molar-refractivity contribution in [3.63, 3.8) is 0 Å². The van der Waals surface area contributed by atoms with Crippen LogP contribution in [-0.2, 0) is 11.2 Å². The van der Waals surface area contributed by atoms with Crippen molar-refractivity contribution in [1.29, 1.82) is 0 Å². The van der Waals surface area contributed by atoms with E-state index >= 15 is 0 Å². The van der Waals surface area contributed by atoms with E-state index in [9.17, 15) is 9.59 Å². The fourth-order valence-electron chi connectivity index (χ4n) is 3.02. The van der Waals surface area contributed by atoms with Crippen LogP contribution < -0.4 is 10.1 Å². The number of methoxy groups -OCH3 is 1. The van der Waals surface area contributed by atoms with Crippen molar-refractivity contribution in [1.82, 2.24) is 15.1 Å². The number of hydrogen-bond donors (Lipinski definition) is 1. The summed E-state index contributed by atoms with van der Waals surface area (Å²) in [5, 5.41) is 2.95. The van der Waals surface area contributed by atoms with E-state index in [0.717, 1.165) is 25.0 Å². The van der Waals surface area contributed by atoms with E-state index in [2.05, 4.69) is 12.2 Å². The first-order valence-corrected chi connectivity index (χ1v) is 8.52. The van der Waals surface area contributed by atoms with Crippen LogP contribution in [0.4, 0.5) is 4.79 Å². The zero-order valence-electron chi connectivity index (χ0n) is 14.3. The Morgan fingerprint density at radius 3 is 2.67 bits per heavy atom. The van der Waals surface area contributed by atoms with Gasteiger partial charge in [-0.1, -0.05) is 19.1 Å². The first-order valence-electron chi connectivity index (χ1n) is 8.52. The maximum atomic E-state index is 12.2. The molecule has 1 saturated heterocycles. The molecule has 24 heavy (non-hydrogen) atoms. The molecule has 3 amide bonds. The Kier molecular flexibility index (Phi) is 4.92. The first kappa shape index (κ1) is 16.6. The number of benzene rings is 1. The number of hydrogen-bond acceptors (Lipinski definition) is 3. The van der Waals surface area contributed by atoms with Crippen LogP contribution in [0, 0.1) is 5.92 Å². The van der Waals surface area contributed by atoms with Crippen LogP contribution in [0.15, 0.2) is 24.3 Å². The van der Waals surface area contributed by atoms with E-state index < -0.39 is 0 Å². The van der Waals surface area contributed by atoms with Crippen LogP contribution in [0.3, 0.4) is 0 Å². The molecule has 0 radical (unpaired) electrons. The highest BCUT2D eigenvalue weighted by atomic mass is 16.5. The van der Waals surface area contributed by atoms with Gasteiger partial charge in [-0.3, -0.25) is 9.69 Å². The summed E-state index contributed by atoms with van der Waals surface area (Å²) < 4.78 is 5.15. The standard InChI is InChI=1S/C18H25N3O3/c1-13(9-14-3-7-16(24-2)8-4-14)10-19-18(23)20-11-17(22)21(12-20)15-5-6-15/h3-4,7-8,13,15H,5-6,9-12H2,1-2H3,(H,19,23). The smallest absolute Gasteiger partial charge is 0.319 e. The van der Waals surface area contributed by atoms with Crippen molar-refractivity contribution in [2.75, 3.05) is 26.9 Å². The largest absolute Gasteiger partial charge is 0.497 e. The summed E-state index contributed by atoms with van der Waals surface area (Å²) in [7, 11) is 1.65. The van der Waals surface area contributed by atoms with Crippen LogP contribution in [-0.4, -0.2) is 54.6 Å². The summed E-state index contributed by atoms with van der Waals surface area (Å²) in [6, 6.07) is 8.21. The first-order chi connectivity index (χ1) is 11.6. The number of carbonyl (C=O) groups is 2. The molecule has 0 bridgehead atoms. The normalized spacial score (nSPS) is 18.7. The second-order valence-corrected chi connectivity index (χ2v) is 6.78. The van der Waals surface area contributed by atoms with Crippen LogP contribution in [0.25, 0.3) is 0 Å². The van der Waals surface area contributed by atoms with E-state index in [-0.39, 0.29) is 18.5 Å². The summed E-state index contributed by atoms with van der Waals surface area (Å²) in [6.45, 7) is 3.34. The number of nitrogens with one attached hydrogen (secondary N) is 1. The molecule has 1 unspecified atom stereocenters. The van der Waals surface area contributed by atoms with Crippen molar-refractivity contribution in [3.8, 4) is 5.75 Å². The fourth-order valence-corrected chi connectivity index (χ4v) is 3.02. The molecule has 0 spiro atoms. The molecule has 1 aliphatic carbocycles. The Labute approximate surface area is 142 Å². The number of carbonyl (C=O) groups excluding carboxylic acids is 2. The van der Waals surface area contributed by atoms with Gasteiger partial charge < -0.3 is 15.0 Å². The molecular formula is C18H25N3O3. The van der Waals surface area contributed by atoms with Crippen molar-refractivity contribution >= 4 is 11.9 Å². The average molecular weight is 331 g/mol. The van der Waals surface area contributed by atoms with E-state index in [1.165, 1.54) is 5.56 Å². The summed E-state index contributed by atoms with van der Waals surface area (Å²) in [6.07, 6.45) is 3.03. The molecule has 1 aliphatic heterocycles. The third-order valence-electron chi connectivity index (χ3n) is 4.59. The Morgan fingerprint density at radius 1 is 1.33 bits per heavy atom. The molecule has 1 N–H and O–H groups in total. The molecule has 1 heterocycles. The van der Waals surface area contributed by atoms with Gasteiger partial charge in [0.05, 0.1) is 13.8 Å². The van der Waals surface area contributed by atoms with Gasteiger partial charge in [-0.2, -0.15) is 0 Å². The molecular weight excluding hydrogens is 306 g/mol. The predicted molar refractivity (Wildman–Crippen MR) is 90.7 cm³/mol. The second kappa shape index (κ2) is 7.11. The fraction of sp³-hybridized carbons (Fsp3) is 0.556. The average Bonchev–Trinajstić information content (AvgIpc) is 3.35. The van der Waals surface area contributed by atoms with Crippen LogP contribution in [0.5, 0.6) is 5.75 Å². The van der Waals surface area contributed by atoms with Gasteiger partial charge in [0, 0.05) is 12.6 Å². The van der Waals surface area contributed by atoms with Crippen molar-refractivity contribution in [2.45, 2.75) is 32.2 Å². The van der Waals surface area contributed by atoms with E-state index in [1.54, 1.807) is 12.0 Å². The highest BCUT2D eigenvalue weighted by molar-refractivity contribution is 5.87. The maximum Gasteiger partial charge on any atom is 0.319 e. The number of nitrogens with zero attached hydrogens (tertiary/aromatic N) is 2. The lowest BCUT2D eigenvalue weighted by Gasteiger charge is -2.19. The van der Waals surface area contributed by atoms with E-state index in [4.69, 9.17) is 4.74 Å². The minimum Gasteiger partial charge on any atom is -0.497 e. The third-order valence-corrected chi connectivity index (χ3v) is 4.59. The second-order valence-electron chi connectivity index (χ2n) is 6.78. The van der Waals surface area contributed by atoms with Crippen molar-refractivity contribution in [3.05, 3.63) is 29.8 Å². The van der Waals surface area contributed by atoms with Gasteiger partial charge in [0.1, 0.15) is 12.3 Å². The molecule has 1 saturated carbocycles. The third kappa shape index (κ3) is 3.99. The minimum atomic E-state index is -0.145. The van der Waals surface area contributed by atoms with Gasteiger partial charge in [0.25, 0.3) is 0 Å². The highest BCUT2D eigenvalue weighted by Crippen LogP contribution is 2.29. The van der Waals surface area contributed by atoms with Crippen LogP contribution in [0.2, 0.25) is 0 Å². The molecule has 2 aliphatic rings. The number of ether oxygens (including phenoxy) is 1. The molecule has 1 atom stereocenters. The van der Waals surface area contributed by atoms with E-state index in [1.807, 2.05) is 29.2 Å². The van der Waals surface area contributed by atoms with Gasteiger partial charge in [-0.25, -0.2) is 4.79 Å². The topological polar surface area (TPSA) is 61.9 Å². The lowest BCUT2D eigenvalue weighted by Crippen LogP contribution is -2.41. The molecule has 130 valence electrons. The lowest BCUT2D eigenvalue weighted by molar-refractivity contribution is -0.127. The van der Waals surface area contributed by atoms with Gasteiger partial charge in [-0.05, 0) is 42.9 Å². The van der Waals surface area contributed by atoms with Gasteiger partial charge in [0.2, 0.25) is 5.91 Å². The molecule has 6 heteroatoms. The lowest BCUT2D eigenvalue weighted by atomic mass is 10.0. The van der Waals surface area contributed by atoms with E-state index in [0.29, 0.717) is 25.2 Å². The Balaban J connectivity index is 1.42. The molecule has 1 aromatic carbocycles. The summed E-state index contributed by atoms with van der Waals surface area (Å²) in [4.78, 5) is 27.6. The summed E-state index contributed by atoms with van der Waals surface area (Å²) in [5.74, 6) is 1.23. The Bertz CT molecular complexity index is 598. The van der Waals surface area contributed by atoms with Gasteiger partial charge in [-0.15, -0.1) is 0 Å². The van der Waals surface area contributed by atoms with Gasteiger partial charge >= 0.3 is 6.03 Å². The Morgan fingerprint density at radius 2 is 2.04 bits per heavy atom. The molecule has 6 nitrogen and oxygen atoms in total. The van der Waals surface area contributed by atoms with Gasteiger partial charge in [0.15, 0.2) is 0 Å². The number of rotatable bonds is 6. The monoisotopic (exact) mass is 331 g/mol. The SMILES string of the molecule is COc1ccc(CC(C)CNC(=O)N2CC(=O)N(C3CC3)C2)cc1. The van der Waals surface area contributed by atoms with Crippen LogP contribution >= 0.6 is 0 Å². The molecule has 2 fully saturated rings. The van der Waals surface area contributed by atoms with Crippen LogP contribution in [0.1, 0.15) is 25.3 Å². The maximum absolute atomic E-state index is 12.2. The number of urea groups is 1. The van der Waals surface area contributed by atoms with Crippen molar-refractivity contribution in [2.24, 2.45) is 5.92 Å².